The summed E-state index contributed by atoms with van der Waals surface area (Å²) in [5.41, 5.74) is 5.72. The SMILES string of the molecule is CCOC1(c2ccccc2)c2ccccc2-c2ccccc21. The summed E-state index contributed by atoms with van der Waals surface area (Å²) in [6, 6.07) is 27.7. The second kappa shape index (κ2) is 5.11. The molecule has 0 unspecified atom stereocenters. The van der Waals surface area contributed by atoms with E-state index in [4.69, 9.17) is 4.74 Å². The topological polar surface area (TPSA) is 9.23 Å². The summed E-state index contributed by atoms with van der Waals surface area (Å²) in [6.07, 6.45) is 0. The summed E-state index contributed by atoms with van der Waals surface area (Å²) in [4.78, 5) is 0. The molecule has 0 fully saturated rings. The molecule has 0 bridgehead atoms. The summed E-state index contributed by atoms with van der Waals surface area (Å²) in [7, 11) is 0. The second-order valence-electron chi connectivity index (χ2n) is 5.57. The lowest BCUT2D eigenvalue weighted by Crippen LogP contribution is -2.30. The summed E-state index contributed by atoms with van der Waals surface area (Å²) < 4.78 is 6.43. The Morgan fingerprint density at radius 2 is 1.18 bits per heavy atom. The first-order valence-electron chi connectivity index (χ1n) is 7.77. The van der Waals surface area contributed by atoms with Crippen LogP contribution in [0.5, 0.6) is 0 Å². The van der Waals surface area contributed by atoms with Gasteiger partial charge in [-0.2, -0.15) is 0 Å². The van der Waals surface area contributed by atoms with Gasteiger partial charge in [-0.25, -0.2) is 0 Å². The lowest BCUT2D eigenvalue weighted by Gasteiger charge is -2.32. The molecule has 0 N–H and O–H groups in total. The molecule has 0 saturated heterocycles. The normalized spacial score (nSPS) is 14.4. The first kappa shape index (κ1) is 13.3. The molecule has 0 aromatic heterocycles. The van der Waals surface area contributed by atoms with Crippen LogP contribution in [0.1, 0.15) is 23.6 Å². The maximum Gasteiger partial charge on any atom is 0.144 e. The molecule has 1 aliphatic carbocycles. The van der Waals surface area contributed by atoms with Gasteiger partial charge in [0.05, 0.1) is 0 Å². The van der Waals surface area contributed by atoms with Crippen LogP contribution in [0.3, 0.4) is 0 Å². The molecule has 22 heavy (non-hydrogen) atoms. The quantitative estimate of drug-likeness (QED) is 0.658. The number of rotatable bonds is 3. The lowest BCUT2D eigenvalue weighted by atomic mass is 9.84. The highest BCUT2D eigenvalue weighted by molar-refractivity contribution is 5.82. The number of hydrogen-bond donors (Lipinski definition) is 0. The van der Waals surface area contributed by atoms with Crippen molar-refractivity contribution in [2.24, 2.45) is 0 Å². The Hall–Kier alpha value is -2.38. The highest BCUT2D eigenvalue weighted by Crippen LogP contribution is 2.52. The van der Waals surface area contributed by atoms with Gasteiger partial charge in [0.15, 0.2) is 0 Å². The minimum Gasteiger partial charge on any atom is -0.361 e. The fraction of sp³-hybridized carbons (Fsp3) is 0.143. The highest BCUT2D eigenvalue weighted by Gasteiger charge is 2.45. The van der Waals surface area contributed by atoms with Crippen molar-refractivity contribution in [1.29, 1.82) is 0 Å². The number of ether oxygens (including phenoxy) is 1. The standard InChI is InChI=1S/C21H18O/c1-2-22-21(16-10-4-3-5-11-16)19-14-8-6-12-17(19)18-13-7-9-15-20(18)21/h3-15H,2H2,1H3. The minimum absolute atomic E-state index is 0.497. The van der Waals surface area contributed by atoms with E-state index in [1.54, 1.807) is 0 Å². The molecule has 0 heterocycles. The molecule has 108 valence electrons. The average molecular weight is 286 g/mol. The van der Waals surface area contributed by atoms with Crippen LogP contribution in [0.25, 0.3) is 11.1 Å². The molecule has 4 rings (SSSR count). The second-order valence-corrected chi connectivity index (χ2v) is 5.57. The summed E-state index contributed by atoms with van der Waals surface area (Å²) in [5.74, 6) is 0. The Morgan fingerprint density at radius 3 is 1.73 bits per heavy atom. The van der Waals surface area contributed by atoms with Crippen LogP contribution < -0.4 is 0 Å². The molecule has 0 saturated carbocycles. The van der Waals surface area contributed by atoms with Gasteiger partial charge >= 0.3 is 0 Å². The largest absolute Gasteiger partial charge is 0.361 e. The summed E-state index contributed by atoms with van der Waals surface area (Å²) >= 11 is 0. The Balaban J connectivity index is 2.10. The van der Waals surface area contributed by atoms with E-state index in [1.807, 2.05) is 0 Å². The van der Waals surface area contributed by atoms with E-state index >= 15 is 0 Å². The molecule has 0 atom stereocenters. The third kappa shape index (κ3) is 1.69. The minimum atomic E-state index is -0.497. The van der Waals surface area contributed by atoms with E-state index in [9.17, 15) is 0 Å². The Kier molecular flexibility index (Phi) is 3.09. The summed E-state index contributed by atoms with van der Waals surface area (Å²) in [5, 5.41) is 0. The Bertz CT molecular complexity index is 759. The molecule has 3 aromatic rings. The Morgan fingerprint density at radius 1 is 0.682 bits per heavy atom. The van der Waals surface area contributed by atoms with E-state index in [2.05, 4.69) is 85.8 Å². The van der Waals surface area contributed by atoms with Gasteiger partial charge in [0, 0.05) is 17.7 Å². The smallest absolute Gasteiger partial charge is 0.144 e. The summed E-state index contributed by atoms with van der Waals surface area (Å²) in [6.45, 7) is 2.73. The van der Waals surface area contributed by atoms with Crippen molar-refractivity contribution in [2.75, 3.05) is 6.61 Å². The third-order valence-corrected chi connectivity index (χ3v) is 4.44. The van der Waals surface area contributed by atoms with Crippen LogP contribution in [0.15, 0.2) is 78.9 Å². The van der Waals surface area contributed by atoms with E-state index < -0.39 is 5.60 Å². The van der Waals surface area contributed by atoms with Crippen molar-refractivity contribution in [1.82, 2.24) is 0 Å². The van der Waals surface area contributed by atoms with Crippen LogP contribution >= 0.6 is 0 Å². The molecule has 3 aromatic carbocycles. The maximum atomic E-state index is 6.43. The molecule has 0 aliphatic heterocycles. The van der Waals surface area contributed by atoms with E-state index in [1.165, 1.54) is 27.8 Å². The zero-order chi connectivity index (χ0) is 15.0. The molecular weight excluding hydrogens is 268 g/mol. The molecular formula is C21H18O. The predicted molar refractivity (Wildman–Crippen MR) is 89.8 cm³/mol. The van der Waals surface area contributed by atoms with E-state index in [0.29, 0.717) is 6.61 Å². The molecule has 0 radical (unpaired) electrons. The molecule has 0 amide bonds. The molecule has 1 heteroatoms. The van der Waals surface area contributed by atoms with Gasteiger partial charge in [-0.15, -0.1) is 0 Å². The lowest BCUT2D eigenvalue weighted by molar-refractivity contribution is 0.0250. The maximum absolute atomic E-state index is 6.43. The van der Waals surface area contributed by atoms with Gasteiger partial charge in [0.1, 0.15) is 5.60 Å². The predicted octanol–water partition coefficient (Wildman–Crippen LogP) is 5.00. The average Bonchev–Trinajstić information content (AvgIpc) is 2.88. The van der Waals surface area contributed by atoms with Gasteiger partial charge in [-0.05, 0) is 23.6 Å². The van der Waals surface area contributed by atoms with Gasteiger partial charge in [0.2, 0.25) is 0 Å². The van der Waals surface area contributed by atoms with Gasteiger partial charge < -0.3 is 4.74 Å². The van der Waals surface area contributed by atoms with Crippen LogP contribution in [0.4, 0.5) is 0 Å². The Labute approximate surface area is 131 Å². The van der Waals surface area contributed by atoms with Crippen LogP contribution in [-0.2, 0) is 10.3 Å². The first-order valence-corrected chi connectivity index (χ1v) is 7.77. The van der Waals surface area contributed by atoms with Gasteiger partial charge in [-0.3, -0.25) is 0 Å². The number of benzene rings is 3. The van der Waals surface area contributed by atoms with Gasteiger partial charge in [0.25, 0.3) is 0 Å². The monoisotopic (exact) mass is 286 g/mol. The van der Waals surface area contributed by atoms with Gasteiger partial charge in [-0.1, -0.05) is 78.9 Å². The zero-order valence-corrected chi connectivity index (χ0v) is 12.6. The van der Waals surface area contributed by atoms with E-state index in [0.717, 1.165) is 0 Å². The fourth-order valence-corrected chi connectivity index (χ4v) is 3.63. The van der Waals surface area contributed by atoms with Crippen LogP contribution in [-0.4, -0.2) is 6.61 Å². The van der Waals surface area contributed by atoms with E-state index in [-0.39, 0.29) is 0 Å². The van der Waals surface area contributed by atoms with Crippen LogP contribution in [0.2, 0.25) is 0 Å². The van der Waals surface area contributed by atoms with Crippen molar-refractivity contribution in [3.05, 3.63) is 95.6 Å². The number of hydrogen-bond acceptors (Lipinski definition) is 1. The van der Waals surface area contributed by atoms with Crippen LogP contribution in [0, 0.1) is 0 Å². The number of fused-ring (bicyclic) bond motifs is 3. The third-order valence-electron chi connectivity index (χ3n) is 4.44. The van der Waals surface area contributed by atoms with Crippen molar-refractivity contribution in [2.45, 2.75) is 12.5 Å². The molecule has 1 aliphatic rings. The molecule has 1 nitrogen and oxygen atoms in total. The molecule has 0 spiro atoms. The fourth-order valence-electron chi connectivity index (χ4n) is 3.63. The zero-order valence-electron chi connectivity index (χ0n) is 12.6. The van der Waals surface area contributed by atoms with Crippen molar-refractivity contribution >= 4 is 0 Å². The first-order chi connectivity index (χ1) is 10.9. The van der Waals surface area contributed by atoms with Crippen molar-refractivity contribution < 1.29 is 4.74 Å². The van der Waals surface area contributed by atoms with Crippen molar-refractivity contribution in [3.63, 3.8) is 0 Å². The van der Waals surface area contributed by atoms with Crippen molar-refractivity contribution in [3.8, 4) is 11.1 Å². The highest BCUT2D eigenvalue weighted by atomic mass is 16.5.